The summed E-state index contributed by atoms with van der Waals surface area (Å²) >= 11 is 0. The lowest BCUT2D eigenvalue weighted by Crippen LogP contribution is -1.89. The number of ether oxygens (including phenoxy) is 2. The quantitative estimate of drug-likeness (QED) is 0.451. The number of hydrogen-bond acceptors (Lipinski definition) is 2. The molecule has 1 radical (unpaired) electrons. The van der Waals surface area contributed by atoms with Crippen LogP contribution in [0.4, 0.5) is 0 Å². The first-order chi connectivity index (χ1) is 12.3. The number of hydrogen-bond donors (Lipinski definition) is 0. The lowest BCUT2D eigenvalue weighted by Gasteiger charge is -2.12. The average molecular weight is 325 g/mol. The van der Waals surface area contributed by atoms with E-state index in [0.29, 0.717) is 0 Å². The van der Waals surface area contributed by atoms with Crippen molar-refractivity contribution >= 4 is 10.8 Å². The maximum Gasteiger partial charge on any atom is 0.135 e. The monoisotopic (exact) mass is 325 g/mol. The number of fused-ring (bicyclic) bond motifs is 1. The van der Waals surface area contributed by atoms with Gasteiger partial charge in [0.25, 0.3) is 0 Å². The van der Waals surface area contributed by atoms with Gasteiger partial charge in [-0.15, -0.1) is 0 Å². The first-order valence-electron chi connectivity index (χ1n) is 8.15. The summed E-state index contributed by atoms with van der Waals surface area (Å²) < 4.78 is 11.4. The molecular formula is C23H17O2. The Bertz CT molecular complexity index is 1010. The van der Waals surface area contributed by atoms with Crippen molar-refractivity contribution in [1.29, 1.82) is 0 Å². The lowest BCUT2D eigenvalue weighted by molar-refractivity contribution is 0.415. The molecule has 0 saturated heterocycles. The fourth-order valence-corrected chi connectivity index (χ4v) is 2.85. The molecule has 0 atom stereocenters. The Hall–Kier alpha value is -3.26. The van der Waals surface area contributed by atoms with Crippen molar-refractivity contribution in [2.24, 2.45) is 0 Å². The molecule has 0 aliphatic rings. The maximum atomic E-state index is 6.06. The third-order valence-electron chi connectivity index (χ3n) is 4.12. The third-order valence-corrected chi connectivity index (χ3v) is 4.12. The summed E-state index contributed by atoms with van der Waals surface area (Å²) in [5.74, 6) is 2.47. The van der Waals surface area contributed by atoms with Crippen molar-refractivity contribution in [2.75, 3.05) is 7.11 Å². The van der Waals surface area contributed by atoms with Gasteiger partial charge < -0.3 is 9.47 Å². The Morgan fingerprint density at radius 3 is 2.36 bits per heavy atom. The second-order valence-corrected chi connectivity index (χ2v) is 5.75. The highest BCUT2D eigenvalue weighted by Gasteiger charge is 2.08. The predicted molar refractivity (Wildman–Crippen MR) is 101 cm³/mol. The van der Waals surface area contributed by atoms with Crippen molar-refractivity contribution < 1.29 is 9.47 Å². The van der Waals surface area contributed by atoms with Crippen LogP contribution in [0.15, 0.2) is 84.9 Å². The third kappa shape index (κ3) is 3.20. The van der Waals surface area contributed by atoms with Crippen molar-refractivity contribution in [3.05, 3.63) is 91.0 Å². The highest BCUT2D eigenvalue weighted by atomic mass is 16.5. The SMILES string of the molecule is COc1ccc2cc(-c3[c]cccc3Oc3ccccc3)ccc2c1. The van der Waals surface area contributed by atoms with Crippen LogP contribution in [0.3, 0.4) is 0 Å². The summed E-state index contributed by atoms with van der Waals surface area (Å²) in [6, 6.07) is 31.3. The van der Waals surface area contributed by atoms with E-state index < -0.39 is 0 Å². The molecule has 0 unspecified atom stereocenters. The zero-order valence-electron chi connectivity index (χ0n) is 13.9. The molecule has 0 aromatic heterocycles. The fraction of sp³-hybridized carbons (Fsp3) is 0.0435. The van der Waals surface area contributed by atoms with Crippen LogP contribution >= 0.6 is 0 Å². The summed E-state index contributed by atoms with van der Waals surface area (Å²) in [5, 5.41) is 2.30. The predicted octanol–water partition coefficient (Wildman–Crippen LogP) is 6.11. The molecule has 0 N–H and O–H groups in total. The van der Waals surface area contributed by atoms with Gasteiger partial charge in [0.15, 0.2) is 0 Å². The van der Waals surface area contributed by atoms with Gasteiger partial charge in [-0.1, -0.05) is 48.5 Å². The summed E-state index contributed by atoms with van der Waals surface area (Å²) in [4.78, 5) is 0. The molecule has 0 aliphatic heterocycles. The molecule has 0 spiro atoms. The molecule has 121 valence electrons. The minimum atomic E-state index is 0.793. The van der Waals surface area contributed by atoms with E-state index in [1.807, 2.05) is 60.7 Å². The normalized spacial score (nSPS) is 10.6. The summed E-state index contributed by atoms with van der Waals surface area (Å²) in [7, 11) is 1.68. The van der Waals surface area contributed by atoms with Gasteiger partial charge >= 0.3 is 0 Å². The second kappa shape index (κ2) is 6.70. The van der Waals surface area contributed by atoms with Crippen LogP contribution < -0.4 is 9.47 Å². The molecule has 0 bridgehead atoms. The molecule has 2 nitrogen and oxygen atoms in total. The highest BCUT2D eigenvalue weighted by molar-refractivity contribution is 5.89. The van der Waals surface area contributed by atoms with E-state index in [0.717, 1.165) is 39.1 Å². The lowest BCUT2D eigenvalue weighted by atomic mass is 10.0. The first-order valence-corrected chi connectivity index (χ1v) is 8.15. The average Bonchev–Trinajstić information content (AvgIpc) is 2.68. The highest BCUT2D eigenvalue weighted by Crippen LogP contribution is 2.34. The van der Waals surface area contributed by atoms with Gasteiger partial charge in [0.1, 0.15) is 17.2 Å². The van der Waals surface area contributed by atoms with Gasteiger partial charge in [0.05, 0.1) is 7.11 Å². The van der Waals surface area contributed by atoms with E-state index in [1.165, 1.54) is 0 Å². The molecule has 0 aliphatic carbocycles. The number of para-hydroxylation sites is 1. The van der Waals surface area contributed by atoms with Crippen LogP contribution in [0.2, 0.25) is 0 Å². The van der Waals surface area contributed by atoms with Crippen LogP contribution in [-0.4, -0.2) is 7.11 Å². The van der Waals surface area contributed by atoms with Gasteiger partial charge in [-0.05, 0) is 58.8 Å². The van der Waals surface area contributed by atoms with Crippen molar-refractivity contribution in [2.45, 2.75) is 0 Å². The van der Waals surface area contributed by atoms with E-state index in [4.69, 9.17) is 9.47 Å². The van der Waals surface area contributed by atoms with Gasteiger partial charge in [0.2, 0.25) is 0 Å². The molecule has 0 heterocycles. The van der Waals surface area contributed by atoms with Crippen LogP contribution in [-0.2, 0) is 0 Å². The van der Waals surface area contributed by atoms with Gasteiger partial charge in [0, 0.05) is 5.56 Å². The molecule has 2 heteroatoms. The number of rotatable bonds is 4. The topological polar surface area (TPSA) is 18.5 Å². The fourth-order valence-electron chi connectivity index (χ4n) is 2.85. The Balaban J connectivity index is 1.75. The molecule has 0 fully saturated rings. The van der Waals surface area contributed by atoms with Gasteiger partial charge in [-0.25, -0.2) is 0 Å². The zero-order valence-corrected chi connectivity index (χ0v) is 13.9. The summed E-state index contributed by atoms with van der Waals surface area (Å²) in [6.45, 7) is 0. The minimum Gasteiger partial charge on any atom is -0.497 e. The molecule has 0 saturated carbocycles. The van der Waals surface area contributed by atoms with E-state index in [2.05, 4.69) is 30.3 Å². The summed E-state index contributed by atoms with van der Waals surface area (Å²) in [5.41, 5.74) is 2.02. The molecule has 4 rings (SSSR count). The van der Waals surface area contributed by atoms with E-state index >= 15 is 0 Å². The Kier molecular flexibility index (Phi) is 4.09. The first kappa shape index (κ1) is 15.3. The zero-order chi connectivity index (χ0) is 17.1. The van der Waals surface area contributed by atoms with Crippen molar-refractivity contribution in [1.82, 2.24) is 0 Å². The smallest absolute Gasteiger partial charge is 0.135 e. The van der Waals surface area contributed by atoms with E-state index in [1.54, 1.807) is 7.11 Å². The summed E-state index contributed by atoms with van der Waals surface area (Å²) in [6.07, 6.45) is 0. The molecular weight excluding hydrogens is 308 g/mol. The van der Waals surface area contributed by atoms with Gasteiger partial charge in [-0.2, -0.15) is 0 Å². The van der Waals surface area contributed by atoms with Crippen LogP contribution in [0, 0.1) is 6.07 Å². The minimum absolute atomic E-state index is 0.793. The molecule has 0 amide bonds. The van der Waals surface area contributed by atoms with Crippen LogP contribution in [0.1, 0.15) is 0 Å². The Labute approximate surface area is 147 Å². The largest absolute Gasteiger partial charge is 0.497 e. The van der Waals surface area contributed by atoms with E-state index in [-0.39, 0.29) is 0 Å². The standard InChI is InChI=1S/C23H17O2/c1-24-21-14-13-17-15-19(12-11-18(17)16-21)22-9-5-6-10-23(22)25-20-7-3-2-4-8-20/h2-8,10-16H,1H3. The Morgan fingerprint density at radius 1 is 0.720 bits per heavy atom. The van der Waals surface area contributed by atoms with Crippen LogP contribution in [0.25, 0.3) is 21.9 Å². The Morgan fingerprint density at radius 2 is 1.52 bits per heavy atom. The number of methoxy groups -OCH3 is 1. The van der Waals surface area contributed by atoms with E-state index in [9.17, 15) is 0 Å². The van der Waals surface area contributed by atoms with Crippen molar-refractivity contribution in [3.8, 4) is 28.4 Å². The van der Waals surface area contributed by atoms with Crippen LogP contribution in [0.5, 0.6) is 17.2 Å². The van der Waals surface area contributed by atoms with Crippen molar-refractivity contribution in [3.63, 3.8) is 0 Å². The molecule has 4 aromatic rings. The second-order valence-electron chi connectivity index (χ2n) is 5.75. The number of benzene rings is 4. The molecule has 25 heavy (non-hydrogen) atoms. The molecule has 4 aromatic carbocycles. The van der Waals surface area contributed by atoms with Gasteiger partial charge in [-0.3, -0.25) is 0 Å². The maximum absolute atomic E-state index is 6.06.